The van der Waals surface area contributed by atoms with Crippen molar-refractivity contribution in [2.45, 2.75) is 64.3 Å². The van der Waals surface area contributed by atoms with Gasteiger partial charge in [-0.2, -0.15) is 0 Å². The number of hydrogen-bond acceptors (Lipinski definition) is 4. The average Bonchev–Trinajstić information content (AvgIpc) is 2.83. The fourth-order valence-corrected chi connectivity index (χ4v) is 6.42. The number of carbonyl (C=O) groups is 1. The Morgan fingerprint density at radius 2 is 1.75 bits per heavy atom. The van der Waals surface area contributed by atoms with E-state index < -0.39 is 22.7 Å². The lowest BCUT2D eigenvalue weighted by molar-refractivity contribution is -0.177. The minimum Gasteiger partial charge on any atom is -0.389 e. The molecule has 7 atom stereocenters. The zero-order chi connectivity index (χ0) is 17.9. The zero-order valence-electron chi connectivity index (χ0n) is 15.1. The summed E-state index contributed by atoms with van der Waals surface area (Å²) in [6, 6.07) is 0. The van der Waals surface area contributed by atoms with Crippen molar-refractivity contribution in [3.05, 3.63) is 23.3 Å². The first kappa shape index (κ1) is 16.5. The Kier molecular flexibility index (Phi) is 2.90. The van der Waals surface area contributed by atoms with Gasteiger partial charge in [0, 0.05) is 29.6 Å². The number of aliphatic hydroxyl groups is 3. The van der Waals surface area contributed by atoms with E-state index in [4.69, 9.17) is 0 Å². The molecule has 24 heavy (non-hydrogen) atoms. The molecule has 132 valence electrons. The van der Waals surface area contributed by atoms with Crippen LogP contribution in [0, 0.1) is 29.1 Å². The quantitative estimate of drug-likeness (QED) is 0.593. The molecule has 0 bridgehead atoms. The van der Waals surface area contributed by atoms with Crippen LogP contribution in [0.2, 0.25) is 0 Å². The van der Waals surface area contributed by atoms with Gasteiger partial charge >= 0.3 is 0 Å². The van der Waals surface area contributed by atoms with Gasteiger partial charge in [-0.15, -0.1) is 0 Å². The van der Waals surface area contributed by atoms with Gasteiger partial charge in [0.25, 0.3) is 0 Å². The van der Waals surface area contributed by atoms with Gasteiger partial charge in [-0.25, -0.2) is 0 Å². The predicted octanol–water partition coefficient (Wildman–Crippen LogP) is 1.99. The second-order valence-corrected chi connectivity index (χ2v) is 9.41. The van der Waals surface area contributed by atoms with Crippen LogP contribution in [0.1, 0.15) is 47.5 Å². The highest BCUT2D eigenvalue weighted by molar-refractivity contribution is 6.04. The molecule has 4 heteroatoms. The lowest BCUT2D eigenvalue weighted by atomic mass is 9.60. The Bertz CT molecular complexity index is 704. The summed E-state index contributed by atoms with van der Waals surface area (Å²) in [5, 5.41) is 34.2. The van der Waals surface area contributed by atoms with E-state index in [0.717, 1.165) is 5.57 Å². The van der Waals surface area contributed by atoms with Crippen LogP contribution in [0.25, 0.3) is 0 Å². The molecule has 0 aromatic carbocycles. The third kappa shape index (κ3) is 1.54. The second kappa shape index (κ2) is 4.22. The molecule has 0 saturated heterocycles. The summed E-state index contributed by atoms with van der Waals surface area (Å²) >= 11 is 0. The van der Waals surface area contributed by atoms with Gasteiger partial charge in [0.2, 0.25) is 0 Å². The highest BCUT2D eigenvalue weighted by Crippen LogP contribution is 2.74. The van der Waals surface area contributed by atoms with E-state index in [9.17, 15) is 20.1 Å². The maximum Gasteiger partial charge on any atom is 0.190 e. The van der Waals surface area contributed by atoms with Crippen molar-refractivity contribution in [1.29, 1.82) is 0 Å². The number of rotatable bonds is 0. The summed E-state index contributed by atoms with van der Waals surface area (Å²) in [7, 11) is 0. The van der Waals surface area contributed by atoms with E-state index in [1.807, 2.05) is 19.9 Å². The lowest BCUT2D eigenvalue weighted by Crippen LogP contribution is -2.60. The van der Waals surface area contributed by atoms with Crippen LogP contribution in [-0.2, 0) is 4.79 Å². The van der Waals surface area contributed by atoms with Crippen LogP contribution in [0.3, 0.4) is 0 Å². The molecule has 4 rings (SSSR count). The molecule has 0 aliphatic heterocycles. The molecular formula is C20H28O4. The van der Waals surface area contributed by atoms with Gasteiger partial charge in [-0.1, -0.05) is 38.5 Å². The Balaban J connectivity index is 1.92. The Morgan fingerprint density at radius 3 is 2.38 bits per heavy atom. The summed E-state index contributed by atoms with van der Waals surface area (Å²) in [6.45, 7) is 9.68. The Hall–Kier alpha value is -0.970. The minimum absolute atomic E-state index is 0.0482. The smallest absolute Gasteiger partial charge is 0.190 e. The molecule has 0 spiro atoms. The van der Waals surface area contributed by atoms with E-state index in [2.05, 4.69) is 13.8 Å². The highest BCUT2D eigenvalue weighted by atomic mass is 16.3. The maximum absolute atomic E-state index is 12.7. The van der Waals surface area contributed by atoms with Crippen molar-refractivity contribution in [2.24, 2.45) is 29.1 Å². The summed E-state index contributed by atoms with van der Waals surface area (Å²) in [6.07, 6.45) is 4.55. The first-order valence-electron chi connectivity index (χ1n) is 8.98. The van der Waals surface area contributed by atoms with Crippen molar-refractivity contribution in [3.63, 3.8) is 0 Å². The fourth-order valence-electron chi connectivity index (χ4n) is 6.42. The molecule has 0 amide bonds. The molecule has 0 radical (unpaired) electrons. The molecule has 4 aliphatic rings. The third-order valence-corrected chi connectivity index (χ3v) is 7.82. The summed E-state index contributed by atoms with van der Waals surface area (Å²) in [5.41, 5.74) is -2.37. The highest BCUT2D eigenvalue weighted by Gasteiger charge is 2.80. The van der Waals surface area contributed by atoms with Gasteiger partial charge in [0.1, 0.15) is 5.60 Å². The van der Waals surface area contributed by atoms with Gasteiger partial charge in [-0.05, 0) is 31.8 Å². The van der Waals surface area contributed by atoms with Gasteiger partial charge in [0.05, 0.1) is 11.2 Å². The van der Waals surface area contributed by atoms with E-state index in [-0.39, 0.29) is 35.4 Å². The third-order valence-electron chi connectivity index (χ3n) is 7.82. The summed E-state index contributed by atoms with van der Waals surface area (Å²) in [4.78, 5) is 12.7. The summed E-state index contributed by atoms with van der Waals surface area (Å²) in [5.74, 6) is -1.40. The number of hydrogen-bond donors (Lipinski definition) is 3. The standard InChI is InChI=1S/C20H28O4/c1-10-6-13-15-17(4,5)19(15,23)9-12(3)20(13,24)14-7-11(2)16(21)18(14,22)8-10/h6-7,12-15,22-24H,8-9H2,1-5H3/t12-,13+,14-,15-,18-,19+,20-/m1/s1. The van der Waals surface area contributed by atoms with Gasteiger partial charge in [-0.3, -0.25) is 4.79 Å². The molecule has 3 N–H and O–H groups in total. The fraction of sp³-hybridized carbons (Fsp3) is 0.750. The predicted molar refractivity (Wildman–Crippen MR) is 90.0 cm³/mol. The van der Waals surface area contributed by atoms with Crippen molar-refractivity contribution >= 4 is 5.78 Å². The first-order chi connectivity index (χ1) is 10.9. The maximum atomic E-state index is 12.7. The van der Waals surface area contributed by atoms with Crippen molar-refractivity contribution in [2.75, 3.05) is 0 Å². The summed E-state index contributed by atoms with van der Waals surface area (Å²) < 4.78 is 0. The van der Waals surface area contributed by atoms with Crippen LogP contribution in [0.5, 0.6) is 0 Å². The molecular weight excluding hydrogens is 304 g/mol. The molecule has 0 aromatic rings. The number of carbonyl (C=O) groups excluding carboxylic acids is 1. The molecule has 4 nitrogen and oxygen atoms in total. The number of ketones is 1. The number of Topliss-reactive ketones (excluding diaryl/α,β-unsaturated/α-hetero) is 1. The molecule has 2 fully saturated rings. The lowest BCUT2D eigenvalue weighted by Gasteiger charge is -2.50. The van der Waals surface area contributed by atoms with Crippen molar-refractivity contribution in [3.8, 4) is 0 Å². The SMILES string of the molecule is CC1=C[C@H]2[C@@H]3C(C)(C)[C@]3(O)C[C@@H](C)[C@]2(O)[C@@H]2C=C(C)C(=O)[C@@]2(O)C1. The second-order valence-electron chi connectivity index (χ2n) is 9.41. The minimum atomic E-state index is -1.56. The van der Waals surface area contributed by atoms with Crippen LogP contribution in [0.15, 0.2) is 23.3 Å². The van der Waals surface area contributed by atoms with Crippen molar-refractivity contribution in [1.82, 2.24) is 0 Å². The van der Waals surface area contributed by atoms with Gasteiger partial charge in [0.15, 0.2) is 5.78 Å². The van der Waals surface area contributed by atoms with Crippen LogP contribution in [-0.4, -0.2) is 37.9 Å². The Labute approximate surface area is 143 Å². The molecule has 0 heterocycles. The van der Waals surface area contributed by atoms with Crippen LogP contribution >= 0.6 is 0 Å². The van der Waals surface area contributed by atoms with E-state index in [1.165, 1.54) is 0 Å². The van der Waals surface area contributed by atoms with Crippen molar-refractivity contribution < 1.29 is 20.1 Å². The van der Waals surface area contributed by atoms with Crippen LogP contribution < -0.4 is 0 Å². The zero-order valence-corrected chi connectivity index (χ0v) is 15.1. The van der Waals surface area contributed by atoms with E-state index in [1.54, 1.807) is 13.0 Å². The molecule has 2 saturated carbocycles. The molecule has 4 aliphatic carbocycles. The van der Waals surface area contributed by atoms with Crippen LogP contribution in [0.4, 0.5) is 0 Å². The normalized spacial score (nSPS) is 54.9. The monoisotopic (exact) mass is 332 g/mol. The van der Waals surface area contributed by atoms with E-state index >= 15 is 0 Å². The number of fused-ring (bicyclic) bond motifs is 5. The first-order valence-corrected chi connectivity index (χ1v) is 8.98. The largest absolute Gasteiger partial charge is 0.389 e. The molecule has 0 unspecified atom stereocenters. The Morgan fingerprint density at radius 1 is 1.12 bits per heavy atom. The molecule has 0 aromatic heterocycles. The van der Waals surface area contributed by atoms with E-state index in [0.29, 0.717) is 12.0 Å². The topological polar surface area (TPSA) is 77.8 Å². The van der Waals surface area contributed by atoms with Gasteiger partial charge < -0.3 is 15.3 Å². The average molecular weight is 332 g/mol.